The van der Waals surface area contributed by atoms with Crippen LogP contribution in [-0.4, -0.2) is 44.5 Å². The summed E-state index contributed by atoms with van der Waals surface area (Å²) in [6, 6.07) is 21.3. The Morgan fingerprint density at radius 1 is 1.03 bits per heavy atom. The zero-order valence-corrected chi connectivity index (χ0v) is 20.0. The van der Waals surface area contributed by atoms with Gasteiger partial charge in [-0.05, 0) is 79.0 Å². The van der Waals surface area contributed by atoms with Crippen LogP contribution in [0.3, 0.4) is 0 Å². The molecule has 0 radical (unpaired) electrons. The average molecular weight is 450 g/mol. The largest absolute Gasteiger partial charge is 0.355 e. The van der Waals surface area contributed by atoms with Crippen molar-refractivity contribution in [3.63, 3.8) is 0 Å². The van der Waals surface area contributed by atoms with Crippen LogP contribution >= 0.6 is 0 Å². The maximum atomic E-state index is 12.0. The van der Waals surface area contributed by atoms with E-state index in [0.29, 0.717) is 19.5 Å². The van der Waals surface area contributed by atoms with Gasteiger partial charge in [0.2, 0.25) is 10.0 Å². The average Bonchev–Trinajstić information content (AvgIpc) is 2.74. The lowest BCUT2D eigenvalue weighted by atomic mass is 9.97. The van der Waals surface area contributed by atoms with Crippen LogP contribution in [0.15, 0.2) is 60.7 Å². The third kappa shape index (κ3) is 5.04. The van der Waals surface area contributed by atoms with Crippen molar-refractivity contribution in [1.82, 2.24) is 9.21 Å². The second-order valence-corrected chi connectivity index (χ2v) is 10.9. The van der Waals surface area contributed by atoms with Crippen LogP contribution in [0, 0.1) is 6.92 Å². The monoisotopic (exact) mass is 449 g/mol. The van der Waals surface area contributed by atoms with E-state index in [-0.39, 0.29) is 0 Å². The number of aryl methyl sites for hydroxylation is 1. The van der Waals surface area contributed by atoms with Crippen LogP contribution in [0.1, 0.15) is 22.3 Å². The van der Waals surface area contributed by atoms with Gasteiger partial charge in [0.05, 0.1) is 6.26 Å². The van der Waals surface area contributed by atoms with Crippen LogP contribution < -0.4 is 5.32 Å². The fourth-order valence-corrected chi connectivity index (χ4v) is 5.10. The van der Waals surface area contributed by atoms with Gasteiger partial charge in [-0.1, -0.05) is 42.5 Å². The molecule has 0 saturated carbocycles. The molecule has 32 heavy (non-hydrogen) atoms. The molecule has 1 aliphatic rings. The zero-order valence-electron chi connectivity index (χ0n) is 19.2. The molecule has 0 saturated heterocycles. The van der Waals surface area contributed by atoms with Crippen LogP contribution in [0.4, 0.5) is 11.4 Å². The van der Waals surface area contributed by atoms with Gasteiger partial charge in [-0.25, -0.2) is 8.42 Å². The fraction of sp³-hybridized carbons (Fsp3) is 0.308. The number of hydrogen-bond donors (Lipinski definition) is 1. The summed E-state index contributed by atoms with van der Waals surface area (Å²) >= 11 is 0. The van der Waals surface area contributed by atoms with E-state index in [4.69, 9.17) is 0 Å². The van der Waals surface area contributed by atoms with Gasteiger partial charge in [-0.2, -0.15) is 4.31 Å². The third-order valence-electron chi connectivity index (χ3n) is 5.98. The van der Waals surface area contributed by atoms with E-state index in [1.807, 2.05) is 12.1 Å². The summed E-state index contributed by atoms with van der Waals surface area (Å²) in [6.45, 7) is 4.01. The number of rotatable bonds is 6. The van der Waals surface area contributed by atoms with Gasteiger partial charge in [-0.3, -0.25) is 0 Å². The Hall–Kier alpha value is -2.67. The molecule has 4 rings (SSSR count). The molecule has 0 amide bonds. The smallest absolute Gasteiger partial charge is 0.211 e. The molecule has 5 nitrogen and oxygen atoms in total. The third-order valence-corrected chi connectivity index (χ3v) is 7.23. The molecule has 3 aromatic rings. The van der Waals surface area contributed by atoms with Gasteiger partial charge in [0.15, 0.2) is 0 Å². The Labute approximate surface area is 191 Å². The molecule has 6 heteroatoms. The minimum Gasteiger partial charge on any atom is -0.355 e. The van der Waals surface area contributed by atoms with Crippen molar-refractivity contribution in [2.24, 2.45) is 0 Å². The Balaban J connectivity index is 1.59. The van der Waals surface area contributed by atoms with Gasteiger partial charge in [0.1, 0.15) is 0 Å². The number of anilines is 2. The van der Waals surface area contributed by atoms with Gasteiger partial charge >= 0.3 is 0 Å². The van der Waals surface area contributed by atoms with Crippen LogP contribution in [-0.2, 0) is 29.5 Å². The molecule has 0 aliphatic carbocycles. The minimum atomic E-state index is -3.18. The normalized spacial score (nSPS) is 14.4. The van der Waals surface area contributed by atoms with Gasteiger partial charge in [0.25, 0.3) is 0 Å². The second kappa shape index (κ2) is 9.06. The first-order valence-electron chi connectivity index (χ1n) is 10.9. The number of hydrogen-bond acceptors (Lipinski definition) is 4. The Morgan fingerprint density at radius 2 is 1.78 bits per heavy atom. The van der Waals surface area contributed by atoms with Crippen molar-refractivity contribution in [3.8, 4) is 11.1 Å². The first-order chi connectivity index (χ1) is 15.2. The molecule has 0 bridgehead atoms. The molecular formula is C26H31N3O2S. The Morgan fingerprint density at radius 3 is 2.47 bits per heavy atom. The van der Waals surface area contributed by atoms with E-state index in [2.05, 4.69) is 79.8 Å². The quantitative estimate of drug-likeness (QED) is 0.588. The minimum absolute atomic E-state index is 0.433. The summed E-state index contributed by atoms with van der Waals surface area (Å²) in [7, 11) is 0.974. The van der Waals surface area contributed by atoms with Crippen LogP contribution in [0.5, 0.6) is 0 Å². The van der Waals surface area contributed by atoms with Crippen molar-refractivity contribution >= 4 is 21.4 Å². The first-order valence-corrected chi connectivity index (χ1v) is 12.7. The standard InChI is InChI=1S/C26H31N3O2S/c1-19-8-13-23(16-25(19)21-11-9-20(10-12-21)17-28(2)3)27-26-7-5-6-22-18-29(32(4,30)31)15-14-24(22)26/h5-13,16,27H,14-15,17-18H2,1-4H3. The fourth-order valence-electron chi connectivity index (χ4n) is 4.30. The highest BCUT2D eigenvalue weighted by Gasteiger charge is 2.24. The molecule has 1 heterocycles. The lowest BCUT2D eigenvalue weighted by Crippen LogP contribution is -2.35. The molecule has 3 aromatic carbocycles. The van der Waals surface area contributed by atoms with E-state index in [1.165, 1.54) is 34.1 Å². The summed E-state index contributed by atoms with van der Waals surface area (Å²) in [4.78, 5) is 2.17. The number of fused-ring (bicyclic) bond motifs is 1. The van der Waals surface area contributed by atoms with E-state index in [0.717, 1.165) is 23.5 Å². The van der Waals surface area contributed by atoms with Gasteiger partial charge in [-0.15, -0.1) is 0 Å². The SMILES string of the molecule is Cc1ccc(Nc2cccc3c2CCN(S(C)(=O)=O)C3)cc1-c1ccc(CN(C)C)cc1. The molecule has 168 valence electrons. The number of benzene rings is 3. The lowest BCUT2D eigenvalue weighted by molar-refractivity contribution is 0.395. The summed E-state index contributed by atoms with van der Waals surface area (Å²) in [5.74, 6) is 0. The van der Waals surface area contributed by atoms with E-state index < -0.39 is 10.0 Å². The summed E-state index contributed by atoms with van der Waals surface area (Å²) in [6.07, 6.45) is 1.98. The molecule has 0 spiro atoms. The maximum Gasteiger partial charge on any atom is 0.211 e. The van der Waals surface area contributed by atoms with E-state index in [9.17, 15) is 8.42 Å². The highest BCUT2D eigenvalue weighted by atomic mass is 32.2. The summed E-state index contributed by atoms with van der Waals surface area (Å²) in [5, 5.41) is 3.59. The zero-order chi connectivity index (χ0) is 22.9. The number of nitrogens with one attached hydrogen (secondary N) is 1. The molecular weight excluding hydrogens is 418 g/mol. The first kappa shape index (κ1) is 22.5. The molecule has 1 aliphatic heterocycles. The van der Waals surface area contributed by atoms with Crippen molar-refractivity contribution in [2.45, 2.75) is 26.4 Å². The number of sulfonamides is 1. The van der Waals surface area contributed by atoms with Gasteiger partial charge in [0, 0.05) is 31.0 Å². The van der Waals surface area contributed by atoms with Gasteiger partial charge < -0.3 is 10.2 Å². The topological polar surface area (TPSA) is 52.7 Å². The van der Waals surface area contributed by atoms with Crippen molar-refractivity contribution in [2.75, 3.05) is 32.2 Å². The summed E-state index contributed by atoms with van der Waals surface area (Å²) in [5.41, 5.74) is 9.28. The van der Waals surface area contributed by atoms with Crippen molar-refractivity contribution in [3.05, 3.63) is 82.9 Å². The molecule has 0 aromatic heterocycles. The molecule has 0 unspecified atom stereocenters. The Kier molecular flexibility index (Phi) is 6.38. The second-order valence-electron chi connectivity index (χ2n) is 8.88. The van der Waals surface area contributed by atoms with E-state index in [1.54, 1.807) is 4.31 Å². The molecule has 0 atom stereocenters. The maximum absolute atomic E-state index is 12.0. The Bertz CT molecular complexity index is 1220. The van der Waals surface area contributed by atoms with Crippen LogP contribution in [0.25, 0.3) is 11.1 Å². The molecule has 0 fully saturated rings. The summed E-state index contributed by atoms with van der Waals surface area (Å²) < 4.78 is 25.5. The van der Waals surface area contributed by atoms with Crippen LogP contribution in [0.2, 0.25) is 0 Å². The van der Waals surface area contributed by atoms with Crippen molar-refractivity contribution < 1.29 is 8.42 Å². The van der Waals surface area contributed by atoms with E-state index >= 15 is 0 Å². The lowest BCUT2D eigenvalue weighted by Gasteiger charge is -2.28. The number of nitrogens with zero attached hydrogens (tertiary/aromatic N) is 2. The highest BCUT2D eigenvalue weighted by Crippen LogP contribution is 2.32. The highest BCUT2D eigenvalue weighted by molar-refractivity contribution is 7.88. The predicted molar refractivity (Wildman–Crippen MR) is 133 cm³/mol. The molecule has 1 N–H and O–H groups in total. The van der Waals surface area contributed by atoms with Crippen molar-refractivity contribution in [1.29, 1.82) is 0 Å². The predicted octanol–water partition coefficient (Wildman–Crippen LogP) is 4.78.